The van der Waals surface area contributed by atoms with Crippen LogP contribution in [-0.2, 0) is 19.3 Å². The third-order valence-corrected chi connectivity index (χ3v) is 6.15. The van der Waals surface area contributed by atoms with Crippen LogP contribution in [0.1, 0.15) is 45.4 Å². The molecule has 1 heterocycles. The zero-order chi connectivity index (χ0) is 15.1. The van der Waals surface area contributed by atoms with Gasteiger partial charge in [-0.15, -0.1) is 0 Å². The van der Waals surface area contributed by atoms with E-state index in [0.29, 0.717) is 12.5 Å². The second-order valence-electron chi connectivity index (χ2n) is 7.80. The lowest BCUT2D eigenvalue weighted by molar-refractivity contribution is -0.336. The van der Waals surface area contributed by atoms with Crippen molar-refractivity contribution in [3.05, 3.63) is 12.2 Å². The van der Waals surface area contributed by atoms with Crippen LogP contribution in [0, 0.1) is 29.6 Å². The molecular formula is C18H26O4. The largest absolute Gasteiger partial charge is 0.465 e. The Bertz CT molecular complexity index is 430. The van der Waals surface area contributed by atoms with E-state index < -0.39 is 0 Å². The first-order valence-electron chi connectivity index (χ1n) is 8.83. The van der Waals surface area contributed by atoms with Gasteiger partial charge >= 0.3 is 5.97 Å². The highest BCUT2D eigenvalue weighted by Crippen LogP contribution is 2.56. The van der Waals surface area contributed by atoms with Crippen molar-refractivity contribution in [2.24, 2.45) is 29.6 Å². The summed E-state index contributed by atoms with van der Waals surface area (Å²) >= 11 is 0. The van der Waals surface area contributed by atoms with E-state index >= 15 is 0 Å². The van der Waals surface area contributed by atoms with E-state index in [4.69, 9.17) is 14.5 Å². The molecule has 2 atom stereocenters. The normalized spacial score (nSPS) is 46.0. The minimum atomic E-state index is -0.304. The van der Waals surface area contributed by atoms with Gasteiger partial charge in [-0.2, -0.15) is 0 Å². The summed E-state index contributed by atoms with van der Waals surface area (Å²) < 4.78 is 5.59. The van der Waals surface area contributed by atoms with E-state index in [2.05, 4.69) is 0 Å². The number of rotatable bonds is 4. The maximum Gasteiger partial charge on any atom is 0.308 e. The van der Waals surface area contributed by atoms with Crippen molar-refractivity contribution in [2.75, 3.05) is 6.61 Å². The van der Waals surface area contributed by atoms with Gasteiger partial charge in [0.1, 0.15) is 12.2 Å². The Morgan fingerprint density at radius 3 is 2.32 bits per heavy atom. The summed E-state index contributed by atoms with van der Waals surface area (Å²) in [4.78, 5) is 22.3. The van der Waals surface area contributed by atoms with E-state index in [9.17, 15) is 4.79 Å². The molecule has 4 nitrogen and oxygen atoms in total. The van der Waals surface area contributed by atoms with E-state index in [1.165, 1.54) is 32.1 Å². The molecular weight excluding hydrogens is 280 g/mol. The highest BCUT2D eigenvalue weighted by Gasteiger charge is 2.48. The fraction of sp³-hybridized carbons (Fsp3) is 0.833. The molecule has 0 spiro atoms. The van der Waals surface area contributed by atoms with E-state index in [0.717, 1.165) is 23.7 Å². The molecule has 4 saturated carbocycles. The molecule has 122 valence electrons. The standard InChI is InChI=1S/C18H26O4/c1-11-2-3-16(22-21-11)9-18(19)20-10-17-14-5-12-4-13(7-14)8-15(17)6-12/h2-3,11-17H,4-10H2,1H3/t11-,12?,13?,14?,15?,16?,17?/m1/s1. The Balaban J connectivity index is 1.26. The van der Waals surface area contributed by atoms with E-state index in [1.807, 2.05) is 19.1 Å². The van der Waals surface area contributed by atoms with Crippen LogP contribution in [0.4, 0.5) is 0 Å². The van der Waals surface area contributed by atoms with Gasteiger partial charge in [0.15, 0.2) is 0 Å². The fourth-order valence-corrected chi connectivity index (χ4v) is 5.33. The average molecular weight is 306 g/mol. The van der Waals surface area contributed by atoms with E-state index in [-0.39, 0.29) is 24.6 Å². The first-order chi connectivity index (χ1) is 10.7. The van der Waals surface area contributed by atoms with Crippen molar-refractivity contribution in [1.29, 1.82) is 0 Å². The Morgan fingerprint density at radius 1 is 1.05 bits per heavy atom. The summed E-state index contributed by atoms with van der Waals surface area (Å²) in [7, 11) is 0. The third-order valence-electron chi connectivity index (χ3n) is 6.15. The monoisotopic (exact) mass is 306 g/mol. The van der Waals surface area contributed by atoms with Gasteiger partial charge in [0.05, 0.1) is 13.0 Å². The zero-order valence-electron chi connectivity index (χ0n) is 13.3. The second kappa shape index (κ2) is 5.97. The lowest BCUT2D eigenvalue weighted by Crippen LogP contribution is -2.46. The summed E-state index contributed by atoms with van der Waals surface area (Å²) in [6, 6.07) is 0. The van der Waals surface area contributed by atoms with Gasteiger partial charge < -0.3 is 4.74 Å². The van der Waals surface area contributed by atoms with Gasteiger partial charge in [0.2, 0.25) is 0 Å². The Labute approximate surface area is 132 Å². The predicted octanol–water partition coefficient (Wildman–Crippen LogP) is 3.27. The van der Waals surface area contributed by atoms with Gasteiger partial charge in [-0.1, -0.05) is 12.2 Å². The van der Waals surface area contributed by atoms with Crippen molar-refractivity contribution in [3.63, 3.8) is 0 Å². The molecule has 4 aliphatic carbocycles. The summed E-state index contributed by atoms with van der Waals surface area (Å²) in [5.74, 6) is 3.99. The number of carbonyl (C=O) groups excluding carboxylic acids is 1. The van der Waals surface area contributed by atoms with Gasteiger partial charge in [-0.3, -0.25) is 4.79 Å². The maximum absolute atomic E-state index is 12.0. The minimum Gasteiger partial charge on any atom is -0.465 e. The number of esters is 1. The summed E-state index contributed by atoms with van der Waals surface area (Å²) in [6.45, 7) is 2.51. The van der Waals surface area contributed by atoms with Crippen molar-refractivity contribution < 1.29 is 19.3 Å². The van der Waals surface area contributed by atoms with E-state index in [1.54, 1.807) is 0 Å². The molecule has 0 aromatic carbocycles. The molecule has 0 amide bonds. The molecule has 4 bridgehead atoms. The SMILES string of the molecule is C[C@@H]1C=CC(CC(=O)OCC2C3CC4CC(C3)CC2C4)OO1. The first kappa shape index (κ1) is 14.7. The van der Waals surface area contributed by atoms with Crippen molar-refractivity contribution in [1.82, 2.24) is 0 Å². The summed E-state index contributed by atoms with van der Waals surface area (Å²) in [5.41, 5.74) is 0. The number of ether oxygens (including phenoxy) is 1. The van der Waals surface area contributed by atoms with Crippen LogP contribution >= 0.6 is 0 Å². The molecule has 0 aromatic heterocycles. The van der Waals surface area contributed by atoms with Crippen molar-refractivity contribution >= 4 is 5.97 Å². The fourth-order valence-electron chi connectivity index (χ4n) is 5.33. The van der Waals surface area contributed by atoms with Crippen LogP contribution in [0.2, 0.25) is 0 Å². The zero-order valence-corrected chi connectivity index (χ0v) is 13.3. The second-order valence-corrected chi connectivity index (χ2v) is 7.80. The van der Waals surface area contributed by atoms with Crippen LogP contribution in [0.3, 0.4) is 0 Å². The number of hydrogen-bond donors (Lipinski definition) is 0. The van der Waals surface area contributed by atoms with Gasteiger partial charge in [-0.25, -0.2) is 9.78 Å². The molecule has 1 aliphatic heterocycles. The molecule has 0 saturated heterocycles. The van der Waals surface area contributed by atoms with Crippen LogP contribution in [0.25, 0.3) is 0 Å². The van der Waals surface area contributed by atoms with Crippen molar-refractivity contribution in [3.8, 4) is 0 Å². The lowest BCUT2D eigenvalue weighted by Gasteiger charge is -2.54. The predicted molar refractivity (Wildman–Crippen MR) is 80.7 cm³/mol. The van der Waals surface area contributed by atoms with Crippen LogP contribution in [-0.4, -0.2) is 24.8 Å². The lowest BCUT2D eigenvalue weighted by atomic mass is 9.52. The highest BCUT2D eigenvalue weighted by molar-refractivity contribution is 5.70. The number of hydrogen-bond acceptors (Lipinski definition) is 4. The molecule has 1 unspecified atom stereocenters. The van der Waals surface area contributed by atoms with Gasteiger partial charge in [-0.05, 0) is 68.6 Å². The molecule has 22 heavy (non-hydrogen) atoms. The highest BCUT2D eigenvalue weighted by atomic mass is 17.2. The maximum atomic E-state index is 12.0. The summed E-state index contributed by atoms with van der Waals surface area (Å²) in [5, 5.41) is 0. The van der Waals surface area contributed by atoms with Gasteiger partial charge in [0.25, 0.3) is 0 Å². The first-order valence-corrected chi connectivity index (χ1v) is 8.83. The third kappa shape index (κ3) is 2.95. The van der Waals surface area contributed by atoms with Gasteiger partial charge in [0, 0.05) is 0 Å². The molecule has 0 N–H and O–H groups in total. The molecule has 5 rings (SSSR count). The summed E-state index contributed by atoms with van der Waals surface area (Å²) in [6.07, 6.45) is 10.6. The minimum absolute atomic E-state index is 0.0414. The molecule has 0 radical (unpaired) electrons. The van der Waals surface area contributed by atoms with Crippen LogP contribution in [0.15, 0.2) is 12.2 Å². The average Bonchev–Trinajstić information content (AvgIpc) is 2.48. The smallest absolute Gasteiger partial charge is 0.308 e. The Morgan fingerprint density at radius 2 is 1.73 bits per heavy atom. The molecule has 0 aromatic rings. The Hall–Kier alpha value is -0.870. The quantitative estimate of drug-likeness (QED) is 0.454. The molecule has 5 aliphatic rings. The topological polar surface area (TPSA) is 44.8 Å². The van der Waals surface area contributed by atoms with Crippen molar-refractivity contribution in [2.45, 2.75) is 57.7 Å². The number of carbonyl (C=O) groups is 1. The van der Waals surface area contributed by atoms with Crippen LogP contribution in [0.5, 0.6) is 0 Å². The Kier molecular flexibility index (Phi) is 3.99. The molecule has 4 heteroatoms. The van der Waals surface area contributed by atoms with Crippen LogP contribution < -0.4 is 0 Å². The molecule has 4 fully saturated rings.